The molecular weight excluding hydrogens is 208 g/mol. The van der Waals surface area contributed by atoms with Gasteiger partial charge in [0, 0.05) is 25.0 Å². The third-order valence-electron chi connectivity index (χ3n) is 3.23. The molecule has 2 heteroatoms. The third-order valence-corrected chi connectivity index (χ3v) is 3.23. The molecule has 1 aromatic heterocycles. The van der Waals surface area contributed by atoms with Gasteiger partial charge in [-0.1, -0.05) is 46.0 Å². The largest absolute Gasteiger partial charge is 0.350 e. The Labute approximate surface area is 106 Å². The van der Waals surface area contributed by atoms with Crippen LogP contribution in [-0.2, 0) is 13.1 Å². The van der Waals surface area contributed by atoms with Crippen molar-refractivity contribution < 1.29 is 0 Å². The van der Waals surface area contributed by atoms with E-state index in [1.165, 1.54) is 50.8 Å². The predicted octanol–water partition coefficient (Wildman–Crippen LogP) is 3.96. The fraction of sp³-hybridized carbons (Fsp3) is 0.733. The molecule has 2 nitrogen and oxygen atoms in total. The minimum absolute atomic E-state index is 0.999. The summed E-state index contributed by atoms with van der Waals surface area (Å²) in [5.41, 5.74) is 1.42. The first kappa shape index (κ1) is 14.3. The molecule has 0 bridgehead atoms. The molecule has 0 aliphatic rings. The van der Waals surface area contributed by atoms with Crippen molar-refractivity contribution >= 4 is 0 Å². The van der Waals surface area contributed by atoms with Crippen LogP contribution in [0.4, 0.5) is 0 Å². The van der Waals surface area contributed by atoms with E-state index in [9.17, 15) is 0 Å². The van der Waals surface area contributed by atoms with Gasteiger partial charge in [0.25, 0.3) is 0 Å². The van der Waals surface area contributed by atoms with Crippen molar-refractivity contribution in [2.24, 2.45) is 0 Å². The monoisotopic (exact) mass is 236 g/mol. The molecule has 0 unspecified atom stereocenters. The Morgan fingerprint density at radius 1 is 1.06 bits per heavy atom. The van der Waals surface area contributed by atoms with Gasteiger partial charge >= 0.3 is 0 Å². The average molecular weight is 236 g/mol. The molecule has 98 valence electrons. The first-order chi connectivity index (χ1) is 8.38. The normalized spacial score (nSPS) is 10.9. The quantitative estimate of drug-likeness (QED) is 0.608. The summed E-state index contributed by atoms with van der Waals surface area (Å²) >= 11 is 0. The Balaban J connectivity index is 2.15. The van der Waals surface area contributed by atoms with E-state index >= 15 is 0 Å². The summed E-state index contributed by atoms with van der Waals surface area (Å²) in [4.78, 5) is 0. The van der Waals surface area contributed by atoms with Gasteiger partial charge in [0.2, 0.25) is 0 Å². The van der Waals surface area contributed by atoms with E-state index in [4.69, 9.17) is 0 Å². The van der Waals surface area contributed by atoms with Crippen molar-refractivity contribution in [1.29, 1.82) is 0 Å². The first-order valence-electron chi connectivity index (χ1n) is 7.23. The number of aryl methyl sites for hydroxylation is 1. The molecule has 0 aliphatic heterocycles. The summed E-state index contributed by atoms with van der Waals surface area (Å²) in [7, 11) is 0. The Kier molecular flexibility index (Phi) is 7.81. The molecule has 1 heterocycles. The van der Waals surface area contributed by atoms with E-state index in [0.29, 0.717) is 0 Å². The maximum Gasteiger partial charge on any atom is 0.0359 e. The van der Waals surface area contributed by atoms with Gasteiger partial charge < -0.3 is 9.88 Å². The fourth-order valence-electron chi connectivity index (χ4n) is 2.14. The summed E-state index contributed by atoms with van der Waals surface area (Å²) in [6, 6.07) is 4.38. The van der Waals surface area contributed by atoms with E-state index < -0.39 is 0 Å². The van der Waals surface area contributed by atoms with Crippen molar-refractivity contribution in [3.63, 3.8) is 0 Å². The lowest BCUT2D eigenvalue weighted by molar-refractivity contribution is 0.541. The van der Waals surface area contributed by atoms with Crippen molar-refractivity contribution in [2.45, 2.75) is 65.5 Å². The molecule has 0 saturated heterocycles. The smallest absolute Gasteiger partial charge is 0.0359 e. The van der Waals surface area contributed by atoms with Gasteiger partial charge in [0.1, 0.15) is 0 Å². The van der Waals surface area contributed by atoms with Gasteiger partial charge in [-0.05, 0) is 25.1 Å². The zero-order valence-corrected chi connectivity index (χ0v) is 11.5. The summed E-state index contributed by atoms with van der Waals surface area (Å²) < 4.78 is 2.39. The minimum Gasteiger partial charge on any atom is -0.350 e. The Morgan fingerprint density at radius 3 is 2.59 bits per heavy atom. The molecule has 0 saturated carbocycles. The van der Waals surface area contributed by atoms with Gasteiger partial charge in [0.05, 0.1) is 0 Å². The second kappa shape index (κ2) is 9.29. The third kappa shape index (κ3) is 5.92. The van der Waals surface area contributed by atoms with Gasteiger partial charge in [-0.15, -0.1) is 0 Å². The molecule has 17 heavy (non-hydrogen) atoms. The van der Waals surface area contributed by atoms with Crippen molar-refractivity contribution in [3.05, 3.63) is 24.0 Å². The molecule has 1 N–H and O–H groups in total. The van der Waals surface area contributed by atoms with E-state index in [0.717, 1.165) is 13.1 Å². The molecule has 0 aromatic carbocycles. The van der Waals surface area contributed by atoms with Crippen LogP contribution in [0.2, 0.25) is 0 Å². The molecule has 0 aliphatic carbocycles. The van der Waals surface area contributed by atoms with Gasteiger partial charge in [-0.25, -0.2) is 0 Å². The highest BCUT2D eigenvalue weighted by molar-refractivity contribution is 5.06. The number of unbranched alkanes of at least 4 members (excludes halogenated alkanes) is 5. The first-order valence-corrected chi connectivity index (χ1v) is 7.23. The molecule has 0 spiro atoms. The van der Waals surface area contributed by atoms with Crippen molar-refractivity contribution in [3.8, 4) is 0 Å². The predicted molar refractivity (Wildman–Crippen MR) is 75.2 cm³/mol. The average Bonchev–Trinajstić information content (AvgIpc) is 2.78. The second-order valence-corrected chi connectivity index (χ2v) is 4.74. The number of hydrogen-bond donors (Lipinski definition) is 1. The highest BCUT2D eigenvalue weighted by Gasteiger charge is 1.99. The molecule has 0 radical (unpaired) electrons. The van der Waals surface area contributed by atoms with Crippen LogP contribution in [0.15, 0.2) is 18.3 Å². The van der Waals surface area contributed by atoms with Crippen LogP contribution in [0.3, 0.4) is 0 Å². The standard InChI is InChI=1S/C15H28N2/c1-3-5-6-7-8-9-12-17-13-10-11-15(17)14-16-4-2/h10-11,13,16H,3-9,12,14H2,1-2H3. The summed E-state index contributed by atoms with van der Waals surface area (Å²) in [5.74, 6) is 0. The lowest BCUT2D eigenvalue weighted by Gasteiger charge is -2.09. The maximum absolute atomic E-state index is 3.39. The van der Waals surface area contributed by atoms with E-state index in [1.807, 2.05) is 0 Å². The van der Waals surface area contributed by atoms with Gasteiger partial charge in [-0.2, -0.15) is 0 Å². The number of rotatable bonds is 10. The number of nitrogens with one attached hydrogen (secondary N) is 1. The van der Waals surface area contributed by atoms with Crippen LogP contribution >= 0.6 is 0 Å². The second-order valence-electron chi connectivity index (χ2n) is 4.74. The number of aromatic nitrogens is 1. The van der Waals surface area contributed by atoms with E-state index in [-0.39, 0.29) is 0 Å². The van der Waals surface area contributed by atoms with Crippen LogP contribution in [-0.4, -0.2) is 11.1 Å². The molecule has 1 rings (SSSR count). The lowest BCUT2D eigenvalue weighted by atomic mass is 10.1. The molecule has 1 aromatic rings. The van der Waals surface area contributed by atoms with Gasteiger partial charge in [0.15, 0.2) is 0 Å². The van der Waals surface area contributed by atoms with Crippen LogP contribution < -0.4 is 5.32 Å². The number of hydrogen-bond acceptors (Lipinski definition) is 1. The van der Waals surface area contributed by atoms with Crippen LogP contribution in [0.25, 0.3) is 0 Å². The van der Waals surface area contributed by atoms with Crippen LogP contribution in [0, 0.1) is 0 Å². The fourth-order valence-corrected chi connectivity index (χ4v) is 2.14. The topological polar surface area (TPSA) is 17.0 Å². The summed E-state index contributed by atoms with van der Waals surface area (Å²) in [6.07, 6.45) is 10.4. The molecule has 0 amide bonds. The molecule has 0 fully saturated rings. The van der Waals surface area contributed by atoms with E-state index in [1.54, 1.807) is 0 Å². The Morgan fingerprint density at radius 2 is 1.82 bits per heavy atom. The van der Waals surface area contributed by atoms with Gasteiger partial charge in [-0.3, -0.25) is 0 Å². The SMILES string of the molecule is CCCCCCCCn1cccc1CNCC. The number of nitrogens with zero attached hydrogens (tertiary/aromatic N) is 1. The highest BCUT2D eigenvalue weighted by atomic mass is 15.0. The molecule has 0 atom stereocenters. The summed E-state index contributed by atoms with van der Waals surface area (Å²) in [6.45, 7) is 7.65. The highest BCUT2D eigenvalue weighted by Crippen LogP contribution is 2.08. The van der Waals surface area contributed by atoms with Crippen molar-refractivity contribution in [2.75, 3.05) is 6.54 Å². The van der Waals surface area contributed by atoms with Crippen LogP contribution in [0.1, 0.15) is 58.1 Å². The van der Waals surface area contributed by atoms with Crippen molar-refractivity contribution in [1.82, 2.24) is 9.88 Å². The maximum atomic E-state index is 3.39. The zero-order valence-electron chi connectivity index (χ0n) is 11.5. The molecular formula is C15H28N2. The Bertz CT molecular complexity index is 278. The van der Waals surface area contributed by atoms with Crippen LogP contribution in [0.5, 0.6) is 0 Å². The lowest BCUT2D eigenvalue weighted by Crippen LogP contribution is -2.15. The minimum atomic E-state index is 0.999. The van der Waals surface area contributed by atoms with E-state index in [2.05, 4.69) is 42.1 Å². The summed E-state index contributed by atoms with van der Waals surface area (Å²) in [5, 5.41) is 3.39. The zero-order chi connectivity index (χ0) is 12.3. The Hall–Kier alpha value is -0.760.